The Morgan fingerprint density at radius 3 is 1.22 bits per heavy atom. The van der Waals surface area contributed by atoms with Crippen LogP contribution in [0.2, 0.25) is 0 Å². The lowest BCUT2D eigenvalue weighted by atomic mass is 9.29. The van der Waals surface area contributed by atoms with Gasteiger partial charge >= 0.3 is 0 Å². The predicted molar refractivity (Wildman–Crippen MR) is 296 cm³/mol. The fraction of sp³-hybridized carbons (Fsp3) is 0.156. The third kappa shape index (κ3) is 5.22. The molecule has 0 unspecified atom stereocenters. The summed E-state index contributed by atoms with van der Waals surface area (Å²) in [5.74, 6) is 9.42. The van der Waals surface area contributed by atoms with Gasteiger partial charge in [-0.05, 0) is 166 Å². The summed E-state index contributed by atoms with van der Waals surface area (Å²) in [4.78, 5) is 4.97. The van der Waals surface area contributed by atoms with Crippen LogP contribution in [0.5, 0.6) is 46.0 Å². The lowest BCUT2D eigenvalue weighted by Crippen LogP contribution is -2.66. The number of ether oxygens (including phenoxy) is 4. The highest BCUT2D eigenvalue weighted by Gasteiger charge is 2.55. The van der Waals surface area contributed by atoms with Gasteiger partial charge in [0.25, 0.3) is 20.1 Å². The summed E-state index contributed by atoms with van der Waals surface area (Å²) in [6.45, 7) is -0.526. The molecule has 4 fully saturated rings. The standard InChI is InChI=1S/C64H45B3N2O4/c1-2-13-41(14-3-1)68-47-19-12-20-48-57(47)67(58-49(68)32-55-60-62(58)72-53-23-10-6-17-45(53)65(60)43-15-4-8-21-51(43)70-55)59-50(69(48)42-27-25-40(26-28-42)64-34-37-29-38(35-64)31-39(30-37)36-64)33-56-61-63(59)73-54-24-11-7-18-46(54)66(61)44-16-5-9-22-52(44)71-56/h1-28,32-33,37-39H,29-31,34-36H2. The summed E-state index contributed by atoms with van der Waals surface area (Å²) in [6, 6.07) is 66.5. The van der Waals surface area contributed by atoms with Crippen molar-refractivity contribution in [1.82, 2.24) is 0 Å². The second-order valence-corrected chi connectivity index (χ2v) is 22.4. The number of nitrogens with zero attached hydrogens (tertiary/aromatic N) is 2. The number of rotatable bonds is 3. The third-order valence-electron chi connectivity index (χ3n) is 18.6. The summed E-state index contributed by atoms with van der Waals surface area (Å²) in [5.41, 5.74) is 18.4. The Bertz CT molecular complexity index is 3860. The Morgan fingerprint density at radius 1 is 0.342 bits per heavy atom. The van der Waals surface area contributed by atoms with Gasteiger partial charge in [-0.1, -0.05) is 109 Å². The molecule has 0 radical (unpaired) electrons. The molecule has 9 aromatic rings. The molecule has 0 saturated heterocycles. The molecule has 4 aliphatic carbocycles. The number of benzene rings is 9. The first-order chi connectivity index (χ1) is 36.1. The highest BCUT2D eigenvalue weighted by Crippen LogP contribution is 2.61. The summed E-state index contributed by atoms with van der Waals surface area (Å²) in [5, 5.41) is 0. The fourth-order valence-electron chi connectivity index (χ4n) is 16.3. The van der Waals surface area contributed by atoms with Crippen LogP contribution in [0.4, 0.5) is 34.1 Å². The minimum atomic E-state index is -0.328. The number of para-hydroxylation sites is 5. The van der Waals surface area contributed by atoms with Crippen molar-refractivity contribution in [3.8, 4) is 46.0 Å². The zero-order chi connectivity index (χ0) is 47.3. The molecule has 10 aliphatic rings. The van der Waals surface area contributed by atoms with Crippen molar-refractivity contribution in [1.29, 1.82) is 0 Å². The molecule has 0 N–H and O–H groups in total. The topological polar surface area (TPSA) is 43.4 Å². The van der Waals surface area contributed by atoms with Crippen molar-refractivity contribution >= 4 is 103 Å². The van der Waals surface area contributed by atoms with E-state index in [1.165, 1.54) is 49.6 Å². The summed E-state index contributed by atoms with van der Waals surface area (Å²) >= 11 is 0. The Balaban J connectivity index is 0.942. The lowest BCUT2D eigenvalue weighted by Gasteiger charge is -2.57. The molecule has 9 aromatic carbocycles. The number of hydrogen-bond acceptors (Lipinski definition) is 6. The Kier molecular flexibility index (Phi) is 7.66. The van der Waals surface area contributed by atoms with Gasteiger partial charge in [0.1, 0.15) is 46.0 Å². The van der Waals surface area contributed by atoms with Crippen LogP contribution < -0.4 is 77.9 Å². The van der Waals surface area contributed by atoms with E-state index in [2.05, 4.69) is 192 Å². The number of anilines is 6. The van der Waals surface area contributed by atoms with Crippen LogP contribution in [0.15, 0.2) is 182 Å². The maximum Gasteiger partial charge on any atom is 0.261 e. The molecule has 0 amide bonds. The number of hydrogen-bond donors (Lipinski definition) is 0. The van der Waals surface area contributed by atoms with E-state index in [0.29, 0.717) is 0 Å². The second kappa shape index (κ2) is 14.1. The molecule has 4 saturated carbocycles. The first kappa shape index (κ1) is 39.6. The molecule has 6 heterocycles. The van der Waals surface area contributed by atoms with E-state index in [0.717, 1.165) is 142 Å². The van der Waals surface area contributed by atoms with Crippen molar-refractivity contribution < 1.29 is 18.9 Å². The largest absolute Gasteiger partial charge is 0.459 e. The Morgan fingerprint density at radius 2 is 0.753 bits per heavy atom. The smallest absolute Gasteiger partial charge is 0.261 e. The molecular weight excluding hydrogens is 893 g/mol. The van der Waals surface area contributed by atoms with Crippen LogP contribution in [0.3, 0.4) is 0 Å². The van der Waals surface area contributed by atoms with Gasteiger partial charge in [0.15, 0.2) is 0 Å². The Labute approximate surface area is 425 Å². The van der Waals surface area contributed by atoms with E-state index in [9.17, 15) is 0 Å². The van der Waals surface area contributed by atoms with Gasteiger partial charge in [0.2, 0.25) is 0 Å². The molecule has 344 valence electrons. The molecule has 4 bridgehead atoms. The van der Waals surface area contributed by atoms with Crippen LogP contribution >= 0.6 is 0 Å². The minimum Gasteiger partial charge on any atom is -0.459 e. The van der Waals surface area contributed by atoms with Crippen molar-refractivity contribution in [2.75, 3.05) is 9.80 Å². The van der Waals surface area contributed by atoms with Crippen LogP contribution in [-0.4, -0.2) is 20.1 Å². The van der Waals surface area contributed by atoms with Crippen LogP contribution in [-0.2, 0) is 5.41 Å². The van der Waals surface area contributed by atoms with Crippen LogP contribution in [0.25, 0.3) is 0 Å². The fourth-order valence-corrected chi connectivity index (χ4v) is 16.3. The zero-order valence-electron chi connectivity index (χ0n) is 40.1. The minimum absolute atomic E-state index is 0.0987. The monoisotopic (exact) mass is 938 g/mol. The lowest BCUT2D eigenvalue weighted by molar-refractivity contribution is -0.00518. The van der Waals surface area contributed by atoms with Crippen molar-refractivity contribution in [3.63, 3.8) is 0 Å². The van der Waals surface area contributed by atoms with Crippen molar-refractivity contribution in [2.45, 2.75) is 43.9 Å². The highest BCUT2D eigenvalue weighted by atomic mass is 16.5. The maximum atomic E-state index is 7.55. The summed E-state index contributed by atoms with van der Waals surface area (Å²) in [7, 11) is 0. The first-order valence-electron chi connectivity index (χ1n) is 26.5. The van der Waals surface area contributed by atoms with Gasteiger partial charge < -0.3 is 28.7 Å². The number of fused-ring (bicyclic) bond motifs is 14. The molecule has 0 atom stereocenters. The van der Waals surface area contributed by atoms with E-state index in [1.807, 2.05) is 0 Å². The van der Waals surface area contributed by atoms with E-state index in [4.69, 9.17) is 18.9 Å². The summed E-state index contributed by atoms with van der Waals surface area (Å²) < 4.78 is 29.3. The van der Waals surface area contributed by atoms with Crippen LogP contribution in [0.1, 0.15) is 44.1 Å². The third-order valence-corrected chi connectivity index (χ3v) is 18.6. The quantitative estimate of drug-likeness (QED) is 0.165. The molecule has 19 rings (SSSR count). The second-order valence-electron chi connectivity index (χ2n) is 22.4. The zero-order valence-corrected chi connectivity index (χ0v) is 40.1. The van der Waals surface area contributed by atoms with E-state index < -0.39 is 0 Å². The maximum absolute atomic E-state index is 7.55. The van der Waals surface area contributed by atoms with Gasteiger partial charge in [-0.2, -0.15) is 0 Å². The molecule has 73 heavy (non-hydrogen) atoms. The Hall–Kier alpha value is -8.03. The molecule has 6 nitrogen and oxygen atoms in total. The van der Waals surface area contributed by atoms with Gasteiger partial charge in [-0.3, -0.25) is 0 Å². The van der Waals surface area contributed by atoms with Gasteiger partial charge in [-0.15, -0.1) is 0 Å². The first-order valence-corrected chi connectivity index (χ1v) is 26.5. The molecule has 0 spiro atoms. The average molecular weight is 939 g/mol. The van der Waals surface area contributed by atoms with E-state index in [1.54, 1.807) is 0 Å². The predicted octanol–water partition coefficient (Wildman–Crippen LogP) is 9.69. The van der Waals surface area contributed by atoms with Gasteiger partial charge in [-0.25, -0.2) is 0 Å². The average Bonchev–Trinajstić information content (AvgIpc) is 3.47. The van der Waals surface area contributed by atoms with Crippen LogP contribution in [0, 0.1) is 17.8 Å². The molecule has 9 heteroatoms. The van der Waals surface area contributed by atoms with E-state index >= 15 is 0 Å². The highest BCUT2D eigenvalue weighted by molar-refractivity contribution is 7.05. The van der Waals surface area contributed by atoms with Crippen molar-refractivity contribution in [3.05, 3.63) is 188 Å². The van der Waals surface area contributed by atoms with E-state index in [-0.39, 0.29) is 25.6 Å². The van der Waals surface area contributed by atoms with Crippen molar-refractivity contribution in [2.24, 2.45) is 17.8 Å². The summed E-state index contributed by atoms with van der Waals surface area (Å²) in [6.07, 6.45) is 8.29. The molecular formula is C64H45B3N2O4. The molecule has 6 aliphatic heterocycles. The van der Waals surface area contributed by atoms with Gasteiger partial charge in [0.05, 0.1) is 0 Å². The molecule has 0 aromatic heterocycles. The normalized spacial score (nSPS) is 21.6. The van der Waals surface area contributed by atoms with Gasteiger partial charge in [0, 0.05) is 57.2 Å². The SMILES string of the molecule is c1ccc(N2c3cccc4c3B(c3c2cc2c5c3Oc3ccccc3B5c3ccccc3O2)c2c(cc3c5c2Oc2ccccc2B5c2ccccc2O3)N4c2ccc(C34CC5CC(CC(C5)C3)C4)cc2)cc1.